The van der Waals surface area contributed by atoms with E-state index in [4.69, 9.17) is 5.11 Å². The van der Waals surface area contributed by atoms with E-state index in [2.05, 4.69) is 21.0 Å². The Labute approximate surface area is 111 Å². The van der Waals surface area contributed by atoms with Gasteiger partial charge in [-0.25, -0.2) is 0 Å². The van der Waals surface area contributed by atoms with Gasteiger partial charge in [0.2, 0.25) is 0 Å². The second kappa shape index (κ2) is 6.30. The lowest BCUT2D eigenvalue weighted by molar-refractivity contribution is -0.133. The normalized spacial score (nSPS) is 12.6. The van der Waals surface area contributed by atoms with Crippen LogP contribution in [0, 0.1) is 0 Å². The maximum Gasteiger partial charge on any atom is 0.316 e. The largest absolute Gasteiger partial charge is 0.481 e. The molecule has 1 heterocycles. The highest BCUT2D eigenvalue weighted by Gasteiger charge is 2.17. The first-order valence-electron chi connectivity index (χ1n) is 5.30. The monoisotopic (exact) mass is 322 g/mol. The summed E-state index contributed by atoms with van der Waals surface area (Å²) < 4.78 is 14.2. The van der Waals surface area contributed by atoms with Crippen molar-refractivity contribution in [3.63, 3.8) is 0 Å². The van der Waals surface area contributed by atoms with E-state index in [1.807, 2.05) is 13.8 Å². The van der Waals surface area contributed by atoms with Crippen molar-refractivity contribution in [3.05, 3.63) is 15.9 Å². The lowest BCUT2D eigenvalue weighted by atomic mass is 10.3. The van der Waals surface area contributed by atoms with Crippen LogP contribution < -0.4 is 0 Å². The molecule has 1 rings (SSSR count). The molecule has 1 aromatic heterocycles. The Morgan fingerprint density at radius 1 is 1.53 bits per heavy atom. The average Bonchev–Trinajstić information content (AvgIpc) is 2.55. The summed E-state index contributed by atoms with van der Waals surface area (Å²) in [5.74, 6) is -1.16. The van der Waals surface area contributed by atoms with E-state index in [-0.39, 0.29) is 11.5 Å². The molecule has 17 heavy (non-hydrogen) atoms. The van der Waals surface area contributed by atoms with E-state index in [9.17, 15) is 9.00 Å². The SMILES string of the molecule is CCc1nn(CC)c(CS(=O)CC(=O)O)c1Br. The van der Waals surface area contributed by atoms with Gasteiger partial charge in [-0.05, 0) is 29.3 Å². The fourth-order valence-corrected chi connectivity index (χ4v) is 3.36. The second-order valence-electron chi connectivity index (χ2n) is 3.50. The summed E-state index contributed by atoms with van der Waals surface area (Å²) in [4.78, 5) is 10.5. The summed E-state index contributed by atoms with van der Waals surface area (Å²) in [6, 6.07) is 0. The lowest BCUT2D eigenvalue weighted by Crippen LogP contribution is -2.13. The summed E-state index contributed by atoms with van der Waals surface area (Å²) >= 11 is 3.43. The van der Waals surface area contributed by atoms with Gasteiger partial charge in [-0.2, -0.15) is 5.10 Å². The molecule has 0 aromatic carbocycles. The van der Waals surface area contributed by atoms with E-state index in [1.165, 1.54) is 0 Å². The van der Waals surface area contributed by atoms with Gasteiger partial charge >= 0.3 is 5.97 Å². The van der Waals surface area contributed by atoms with Crippen molar-refractivity contribution < 1.29 is 14.1 Å². The van der Waals surface area contributed by atoms with Crippen molar-refractivity contribution >= 4 is 32.7 Å². The molecule has 5 nitrogen and oxygen atoms in total. The highest BCUT2D eigenvalue weighted by atomic mass is 79.9. The number of aliphatic carboxylic acids is 1. The zero-order valence-corrected chi connectivity index (χ0v) is 12.2. The molecule has 0 radical (unpaired) electrons. The molecular weight excluding hydrogens is 308 g/mol. The molecule has 0 aliphatic heterocycles. The van der Waals surface area contributed by atoms with Gasteiger partial charge in [-0.1, -0.05) is 6.92 Å². The molecule has 0 spiro atoms. The predicted octanol–water partition coefficient (Wildman–Crippen LogP) is 1.56. The number of nitrogens with zero attached hydrogens (tertiary/aromatic N) is 2. The topological polar surface area (TPSA) is 72.2 Å². The summed E-state index contributed by atoms with van der Waals surface area (Å²) in [6.45, 7) is 4.62. The number of aromatic nitrogens is 2. The number of hydrogen-bond donors (Lipinski definition) is 1. The summed E-state index contributed by atoms with van der Waals surface area (Å²) in [7, 11) is -1.40. The first-order valence-corrected chi connectivity index (χ1v) is 7.58. The van der Waals surface area contributed by atoms with Gasteiger partial charge in [0.15, 0.2) is 0 Å². The van der Waals surface area contributed by atoms with Gasteiger partial charge in [-0.3, -0.25) is 13.7 Å². The van der Waals surface area contributed by atoms with Gasteiger partial charge in [0, 0.05) is 17.3 Å². The van der Waals surface area contributed by atoms with Crippen LogP contribution in [-0.4, -0.2) is 30.8 Å². The lowest BCUT2D eigenvalue weighted by Gasteiger charge is -2.04. The minimum Gasteiger partial charge on any atom is -0.481 e. The van der Waals surface area contributed by atoms with E-state index in [1.54, 1.807) is 4.68 Å². The van der Waals surface area contributed by atoms with E-state index in [0.29, 0.717) is 6.54 Å². The van der Waals surface area contributed by atoms with Gasteiger partial charge in [0.05, 0.1) is 21.6 Å². The van der Waals surface area contributed by atoms with Crippen LogP contribution in [0.1, 0.15) is 25.2 Å². The van der Waals surface area contributed by atoms with Crippen molar-refractivity contribution in [2.24, 2.45) is 0 Å². The van der Waals surface area contributed by atoms with Crippen molar-refractivity contribution in [1.82, 2.24) is 9.78 Å². The molecule has 1 unspecified atom stereocenters. The van der Waals surface area contributed by atoms with Crippen LogP contribution in [0.2, 0.25) is 0 Å². The Hall–Kier alpha value is -0.690. The Morgan fingerprint density at radius 2 is 2.18 bits per heavy atom. The van der Waals surface area contributed by atoms with Crippen molar-refractivity contribution in [2.75, 3.05) is 5.75 Å². The van der Waals surface area contributed by atoms with Gasteiger partial charge in [-0.15, -0.1) is 0 Å². The molecular formula is C10H15BrN2O3S. The maximum absolute atomic E-state index is 11.6. The number of carbonyl (C=O) groups is 1. The van der Waals surface area contributed by atoms with E-state index < -0.39 is 16.8 Å². The van der Waals surface area contributed by atoms with Crippen molar-refractivity contribution in [3.8, 4) is 0 Å². The predicted molar refractivity (Wildman–Crippen MR) is 69.3 cm³/mol. The van der Waals surface area contributed by atoms with Crippen LogP contribution >= 0.6 is 15.9 Å². The van der Waals surface area contributed by atoms with Crippen LogP contribution in [0.3, 0.4) is 0 Å². The number of halogens is 1. The number of carboxylic acids is 1. The van der Waals surface area contributed by atoms with E-state index in [0.717, 1.165) is 22.3 Å². The molecule has 0 amide bonds. The minimum atomic E-state index is -1.40. The van der Waals surface area contributed by atoms with Crippen LogP contribution in [0.4, 0.5) is 0 Å². The molecule has 0 aliphatic rings. The summed E-state index contributed by atoms with van der Waals surface area (Å²) in [5, 5.41) is 12.9. The zero-order valence-electron chi connectivity index (χ0n) is 9.77. The molecule has 1 atom stereocenters. The smallest absolute Gasteiger partial charge is 0.316 e. The number of hydrogen-bond acceptors (Lipinski definition) is 3. The van der Waals surface area contributed by atoms with Crippen LogP contribution in [-0.2, 0) is 34.3 Å². The summed E-state index contributed by atoms with van der Waals surface area (Å²) in [6.07, 6.45) is 0.784. The third-order valence-electron chi connectivity index (χ3n) is 2.28. The zero-order chi connectivity index (χ0) is 13.0. The Kier molecular flexibility index (Phi) is 5.32. The molecule has 96 valence electrons. The van der Waals surface area contributed by atoms with Gasteiger partial charge in [0.25, 0.3) is 0 Å². The quantitative estimate of drug-likeness (QED) is 0.862. The van der Waals surface area contributed by atoms with Crippen LogP contribution in [0.5, 0.6) is 0 Å². The van der Waals surface area contributed by atoms with Gasteiger partial charge < -0.3 is 5.11 Å². The number of aryl methyl sites for hydroxylation is 2. The highest BCUT2D eigenvalue weighted by Crippen LogP contribution is 2.23. The van der Waals surface area contributed by atoms with Gasteiger partial charge in [0.1, 0.15) is 5.75 Å². The van der Waals surface area contributed by atoms with Crippen LogP contribution in [0.25, 0.3) is 0 Å². The molecule has 0 saturated heterocycles. The average molecular weight is 323 g/mol. The molecule has 0 fully saturated rings. The van der Waals surface area contributed by atoms with Crippen LogP contribution in [0.15, 0.2) is 4.47 Å². The van der Waals surface area contributed by atoms with Crippen molar-refractivity contribution in [1.29, 1.82) is 0 Å². The first kappa shape index (κ1) is 14.4. The molecule has 0 saturated carbocycles. The Morgan fingerprint density at radius 3 is 2.65 bits per heavy atom. The fraction of sp³-hybridized carbons (Fsp3) is 0.600. The maximum atomic E-state index is 11.6. The third kappa shape index (κ3) is 3.64. The Balaban J connectivity index is 2.92. The standard InChI is InChI=1S/C10H15BrN2O3S/c1-3-7-10(11)8(13(4-2)12-7)5-17(16)6-9(14)15/h3-6H2,1-2H3,(H,14,15). The molecule has 7 heteroatoms. The third-order valence-corrected chi connectivity index (χ3v) is 4.36. The molecule has 1 N–H and O–H groups in total. The Bertz CT molecular complexity index is 445. The van der Waals surface area contributed by atoms with E-state index >= 15 is 0 Å². The number of carboxylic acid groups (broad SMARTS) is 1. The highest BCUT2D eigenvalue weighted by molar-refractivity contribution is 9.10. The fourth-order valence-electron chi connectivity index (χ4n) is 1.50. The van der Waals surface area contributed by atoms with Crippen molar-refractivity contribution in [2.45, 2.75) is 32.6 Å². The number of rotatable bonds is 6. The minimum absolute atomic E-state index is 0.216. The first-order chi connectivity index (χ1) is 7.99. The second-order valence-corrected chi connectivity index (χ2v) is 5.75. The molecule has 1 aromatic rings. The molecule has 0 aliphatic carbocycles. The summed E-state index contributed by atoms with van der Waals surface area (Å²) in [5.41, 5.74) is 1.72. The molecule has 0 bridgehead atoms.